The Labute approximate surface area is 138 Å². The molecule has 0 aliphatic carbocycles. The first-order valence-electron chi connectivity index (χ1n) is 7.65. The molecule has 0 spiro atoms. The van der Waals surface area contributed by atoms with Crippen LogP contribution >= 0.6 is 0 Å². The predicted octanol–water partition coefficient (Wildman–Crippen LogP) is 4.17. The molecule has 2 heterocycles. The Morgan fingerprint density at radius 1 is 0.958 bits per heavy atom. The number of ether oxygens (including phenoxy) is 1. The smallest absolute Gasteiger partial charge is 0.254 e. The van der Waals surface area contributed by atoms with Crippen LogP contribution in [0.15, 0.2) is 65.2 Å². The summed E-state index contributed by atoms with van der Waals surface area (Å²) in [6, 6.07) is 17.7. The molecule has 0 fully saturated rings. The number of para-hydroxylation sites is 1. The van der Waals surface area contributed by atoms with Gasteiger partial charge in [-0.05, 0) is 31.2 Å². The molecule has 0 unspecified atom stereocenters. The van der Waals surface area contributed by atoms with Crippen molar-refractivity contribution in [2.24, 2.45) is 0 Å². The fraction of sp³-hybridized carbons (Fsp3) is 0.105. The summed E-state index contributed by atoms with van der Waals surface area (Å²) in [7, 11) is 0. The van der Waals surface area contributed by atoms with Gasteiger partial charge in [0.2, 0.25) is 5.89 Å². The standard InChI is InChI=1S/C19H15N3O2/c1-13-7-9-15(10-8-13)19-22-21-17(24-19)12-23-16-6-2-4-14-5-3-11-20-18(14)16/h2-11H,12H2,1H3. The van der Waals surface area contributed by atoms with Gasteiger partial charge in [-0.3, -0.25) is 4.98 Å². The minimum atomic E-state index is 0.203. The molecule has 2 aromatic heterocycles. The van der Waals surface area contributed by atoms with Gasteiger partial charge in [-0.15, -0.1) is 10.2 Å². The van der Waals surface area contributed by atoms with E-state index in [0.29, 0.717) is 17.5 Å². The van der Waals surface area contributed by atoms with Gasteiger partial charge in [-0.1, -0.05) is 35.9 Å². The molecule has 0 atom stereocenters. The van der Waals surface area contributed by atoms with Crippen LogP contribution in [-0.4, -0.2) is 15.2 Å². The Hall–Kier alpha value is -3.21. The summed E-state index contributed by atoms with van der Waals surface area (Å²) in [4.78, 5) is 4.36. The number of hydrogen-bond acceptors (Lipinski definition) is 5. The maximum Gasteiger partial charge on any atom is 0.254 e. The third-order valence-electron chi connectivity index (χ3n) is 3.71. The Morgan fingerprint density at radius 3 is 2.67 bits per heavy atom. The summed E-state index contributed by atoms with van der Waals surface area (Å²) >= 11 is 0. The molecule has 0 aliphatic rings. The Kier molecular flexibility index (Phi) is 3.67. The predicted molar refractivity (Wildman–Crippen MR) is 90.5 cm³/mol. The normalized spacial score (nSPS) is 10.9. The largest absolute Gasteiger partial charge is 0.482 e. The van der Waals surface area contributed by atoms with E-state index in [1.807, 2.05) is 61.5 Å². The van der Waals surface area contributed by atoms with E-state index in [2.05, 4.69) is 15.2 Å². The highest BCUT2D eigenvalue weighted by Gasteiger charge is 2.10. The summed E-state index contributed by atoms with van der Waals surface area (Å²) in [5.41, 5.74) is 2.90. The lowest BCUT2D eigenvalue weighted by atomic mass is 10.1. The summed E-state index contributed by atoms with van der Waals surface area (Å²) in [6.07, 6.45) is 1.75. The van der Waals surface area contributed by atoms with Crippen LogP contribution in [0.3, 0.4) is 0 Å². The van der Waals surface area contributed by atoms with Gasteiger partial charge in [0.25, 0.3) is 5.89 Å². The molecule has 0 radical (unpaired) electrons. The monoisotopic (exact) mass is 317 g/mol. The zero-order valence-electron chi connectivity index (χ0n) is 13.1. The van der Waals surface area contributed by atoms with E-state index in [4.69, 9.17) is 9.15 Å². The van der Waals surface area contributed by atoms with E-state index < -0.39 is 0 Å². The Balaban J connectivity index is 1.53. The van der Waals surface area contributed by atoms with Gasteiger partial charge in [0, 0.05) is 17.1 Å². The van der Waals surface area contributed by atoms with E-state index in [1.165, 1.54) is 5.56 Å². The molecule has 2 aromatic carbocycles. The SMILES string of the molecule is Cc1ccc(-c2nnc(COc3cccc4cccnc34)o2)cc1. The average Bonchev–Trinajstić information content (AvgIpc) is 3.09. The molecule has 24 heavy (non-hydrogen) atoms. The summed E-state index contributed by atoms with van der Waals surface area (Å²) < 4.78 is 11.5. The maximum absolute atomic E-state index is 5.81. The molecule has 0 amide bonds. The molecular formula is C19H15N3O2. The molecule has 4 rings (SSSR count). The zero-order chi connectivity index (χ0) is 16.4. The van der Waals surface area contributed by atoms with Gasteiger partial charge < -0.3 is 9.15 Å². The van der Waals surface area contributed by atoms with Crippen molar-refractivity contribution >= 4 is 10.9 Å². The molecule has 0 saturated carbocycles. The van der Waals surface area contributed by atoms with Crippen LogP contribution < -0.4 is 4.74 Å². The van der Waals surface area contributed by atoms with E-state index >= 15 is 0 Å². The topological polar surface area (TPSA) is 61.0 Å². The average molecular weight is 317 g/mol. The van der Waals surface area contributed by atoms with E-state index in [1.54, 1.807) is 6.20 Å². The quantitative estimate of drug-likeness (QED) is 0.565. The van der Waals surface area contributed by atoms with Crippen LogP contribution in [0.1, 0.15) is 11.5 Å². The second-order valence-corrected chi connectivity index (χ2v) is 5.49. The molecule has 5 nitrogen and oxygen atoms in total. The summed E-state index contributed by atoms with van der Waals surface area (Å²) in [5, 5.41) is 9.16. The minimum absolute atomic E-state index is 0.203. The van der Waals surface area contributed by atoms with Gasteiger partial charge in [-0.2, -0.15) is 0 Å². The third kappa shape index (κ3) is 2.84. The first-order valence-corrected chi connectivity index (χ1v) is 7.65. The number of rotatable bonds is 4. The summed E-state index contributed by atoms with van der Waals surface area (Å²) in [5.74, 6) is 1.62. The third-order valence-corrected chi connectivity index (χ3v) is 3.71. The number of pyridine rings is 1. The van der Waals surface area contributed by atoms with Gasteiger partial charge in [0.15, 0.2) is 6.61 Å². The molecule has 5 heteroatoms. The Bertz CT molecular complexity index is 972. The molecule has 0 bridgehead atoms. The fourth-order valence-electron chi connectivity index (χ4n) is 2.46. The second-order valence-electron chi connectivity index (χ2n) is 5.49. The minimum Gasteiger partial charge on any atom is -0.482 e. The van der Waals surface area contributed by atoms with Crippen molar-refractivity contribution in [3.8, 4) is 17.2 Å². The van der Waals surface area contributed by atoms with Crippen molar-refractivity contribution in [2.75, 3.05) is 0 Å². The van der Waals surface area contributed by atoms with Gasteiger partial charge in [0.1, 0.15) is 11.3 Å². The van der Waals surface area contributed by atoms with Gasteiger partial charge in [0.05, 0.1) is 0 Å². The number of aromatic nitrogens is 3. The highest BCUT2D eigenvalue weighted by Crippen LogP contribution is 2.24. The molecule has 4 aromatic rings. The highest BCUT2D eigenvalue weighted by atomic mass is 16.5. The first kappa shape index (κ1) is 14.4. The maximum atomic E-state index is 5.81. The number of nitrogens with zero attached hydrogens (tertiary/aromatic N) is 3. The van der Waals surface area contributed by atoms with Crippen molar-refractivity contribution in [1.82, 2.24) is 15.2 Å². The molecule has 0 N–H and O–H groups in total. The summed E-state index contributed by atoms with van der Waals surface area (Å²) in [6.45, 7) is 2.24. The van der Waals surface area contributed by atoms with Gasteiger partial charge in [-0.25, -0.2) is 0 Å². The fourth-order valence-corrected chi connectivity index (χ4v) is 2.46. The van der Waals surface area contributed by atoms with Gasteiger partial charge >= 0.3 is 0 Å². The Morgan fingerprint density at radius 2 is 1.79 bits per heavy atom. The molecule has 0 aliphatic heterocycles. The zero-order valence-corrected chi connectivity index (χ0v) is 13.1. The lowest BCUT2D eigenvalue weighted by Gasteiger charge is -2.06. The van der Waals surface area contributed by atoms with Crippen LogP contribution in [0.2, 0.25) is 0 Å². The second kappa shape index (κ2) is 6.12. The van der Waals surface area contributed by atoms with Crippen LogP contribution in [0.25, 0.3) is 22.4 Å². The van der Waals surface area contributed by atoms with Crippen molar-refractivity contribution < 1.29 is 9.15 Å². The molecular weight excluding hydrogens is 302 g/mol. The van der Waals surface area contributed by atoms with Crippen molar-refractivity contribution in [2.45, 2.75) is 13.5 Å². The van der Waals surface area contributed by atoms with Crippen molar-refractivity contribution in [3.63, 3.8) is 0 Å². The lowest BCUT2D eigenvalue weighted by molar-refractivity contribution is 0.267. The van der Waals surface area contributed by atoms with E-state index in [9.17, 15) is 0 Å². The van der Waals surface area contributed by atoms with Crippen LogP contribution in [0.5, 0.6) is 5.75 Å². The molecule has 0 saturated heterocycles. The number of aryl methyl sites for hydroxylation is 1. The van der Waals surface area contributed by atoms with Crippen molar-refractivity contribution in [1.29, 1.82) is 0 Å². The molecule has 118 valence electrons. The first-order chi connectivity index (χ1) is 11.8. The number of fused-ring (bicyclic) bond motifs is 1. The van der Waals surface area contributed by atoms with Crippen LogP contribution in [0, 0.1) is 6.92 Å². The van der Waals surface area contributed by atoms with Crippen LogP contribution in [-0.2, 0) is 6.61 Å². The lowest BCUT2D eigenvalue weighted by Crippen LogP contribution is -1.97. The number of hydrogen-bond donors (Lipinski definition) is 0. The van der Waals surface area contributed by atoms with E-state index in [0.717, 1.165) is 16.5 Å². The number of benzene rings is 2. The highest BCUT2D eigenvalue weighted by molar-refractivity contribution is 5.84. The van der Waals surface area contributed by atoms with Crippen LogP contribution in [0.4, 0.5) is 0 Å². The van der Waals surface area contributed by atoms with E-state index in [-0.39, 0.29) is 6.61 Å². The van der Waals surface area contributed by atoms with Crippen molar-refractivity contribution in [3.05, 3.63) is 72.2 Å².